The molecule has 0 aliphatic rings. The highest BCUT2D eigenvalue weighted by Crippen LogP contribution is 2.17. The van der Waals surface area contributed by atoms with Gasteiger partial charge in [0.15, 0.2) is 10.2 Å². The lowest BCUT2D eigenvalue weighted by Crippen LogP contribution is -2.52. The van der Waals surface area contributed by atoms with Gasteiger partial charge in [-0.05, 0) is 75.0 Å². The zero-order valence-corrected chi connectivity index (χ0v) is 16.8. The van der Waals surface area contributed by atoms with Crippen LogP contribution in [0.3, 0.4) is 0 Å². The molecule has 0 fully saturated rings. The van der Waals surface area contributed by atoms with Crippen LogP contribution in [-0.4, -0.2) is 15.8 Å². The average Bonchev–Trinajstić information content (AvgIpc) is 2.59. The first-order chi connectivity index (χ1) is 12.3. The van der Waals surface area contributed by atoms with Crippen LogP contribution in [0.25, 0.3) is 0 Å². The summed E-state index contributed by atoms with van der Waals surface area (Å²) in [5, 5.41) is 7.10. The molecule has 0 radical (unpaired) electrons. The van der Waals surface area contributed by atoms with Crippen LogP contribution in [-0.2, 0) is 6.61 Å². The predicted molar refractivity (Wildman–Crippen MR) is 115 cm³/mol. The summed E-state index contributed by atoms with van der Waals surface area (Å²) >= 11 is 10.4. The van der Waals surface area contributed by atoms with Crippen molar-refractivity contribution in [1.82, 2.24) is 16.2 Å². The molecule has 5 nitrogen and oxygen atoms in total. The van der Waals surface area contributed by atoms with Gasteiger partial charge < -0.3 is 15.4 Å². The van der Waals surface area contributed by atoms with Crippen molar-refractivity contribution in [3.8, 4) is 5.75 Å². The first kappa shape index (κ1) is 19.9. The van der Waals surface area contributed by atoms with Gasteiger partial charge in [-0.15, -0.1) is 0 Å². The van der Waals surface area contributed by atoms with Crippen molar-refractivity contribution in [3.05, 3.63) is 60.2 Å². The zero-order valence-electron chi connectivity index (χ0n) is 15.1. The standard InChI is InChI=1S/C19H24N4OS2/c1-19(2,3)21-18(26)23-22-17(25)20-15-9-11-16(12-10-15)24-13-14-7-5-4-6-8-14/h4-12H,13H2,1-3H3,(H2,20,22,25)(H2,21,23,26). The molecule has 0 spiro atoms. The van der Waals surface area contributed by atoms with Crippen LogP contribution in [0.1, 0.15) is 26.3 Å². The minimum absolute atomic E-state index is 0.115. The second kappa shape index (κ2) is 9.35. The Bertz CT molecular complexity index is 727. The van der Waals surface area contributed by atoms with Gasteiger partial charge in [0, 0.05) is 11.2 Å². The molecule has 0 heterocycles. The fourth-order valence-electron chi connectivity index (χ4n) is 2.02. The van der Waals surface area contributed by atoms with E-state index in [-0.39, 0.29) is 5.54 Å². The van der Waals surface area contributed by atoms with Crippen molar-refractivity contribution < 1.29 is 4.74 Å². The summed E-state index contributed by atoms with van der Waals surface area (Å²) < 4.78 is 5.76. The number of rotatable bonds is 4. The number of thiocarbonyl (C=S) groups is 2. The van der Waals surface area contributed by atoms with E-state index in [1.807, 2.05) is 75.4 Å². The van der Waals surface area contributed by atoms with E-state index >= 15 is 0 Å². The normalized spacial score (nSPS) is 10.6. The van der Waals surface area contributed by atoms with Crippen molar-refractivity contribution in [3.63, 3.8) is 0 Å². The second-order valence-electron chi connectivity index (χ2n) is 6.71. The molecular weight excluding hydrogens is 364 g/mol. The average molecular weight is 389 g/mol. The first-order valence-corrected chi connectivity index (χ1v) is 9.05. The molecular formula is C19H24N4OS2. The highest BCUT2D eigenvalue weighted by molar-refractivity contribution is 7.80. The third-order valence-corrected chi connectivity index (χ3v) is 3.55. The smallest absolute Gasteiger partial charge is 0.189 e. The Morgan fingerprint density at radius 3 is 2.12 bits per heavy atom. The Labute approximate surface area is 165 Å². The van der Waals surface area contributed by atoms with Gasteiger partial charge in [-0.2, -0.15) is 0 Å². The van der Waals surface area contributed by atoms with Gasteiger partial charge in [-0.3, -0.25) is 10.9 Å². The topological polar surface area (TPSA) is 57.3 Å². The molecule has 138 valence electrons. The van der Waals surface area contributed by atoms with Crippen LogP contribution < -0.4 is 26.2 Å². The van der Waals surface area contributed by atoms with Gasteiger partial charge in [0.2, 0.25) is 0 Å². The first-order valence-electron chi connectivity index (χ1n) is 8.24. The van der Waals surface area contributed by atoms with E-state index in [0.29, 0.717) is 16.8 Å². The molecule has 4 N–H and O–H groups in total. The summed E-state index contributed by atoms with van der Waals surface area (Å²) in [7, 11) is 0. The highest BCUT2D eigenvalue weighted by Gasteiger charge is 2.10. The predicted octanol–water partition coefficient (Wildman–Crippen LogP) is 3.73. The molecule has 0 aliphatic carbocycles. The third kappa shape index (κ3) is 7.67. The van der Waals surface area contributed by atoms with Crippen molar-refractivity contribution >= 4 is 40.3 Å². The minimum Gasteiger partial charge on any atom is -0.489 e. The van der Waals surface area contributed by atoms with Crippen LogP contribution >= 0.6 is 24.4 Å². The van der Waals surface area contributed by atoms with Crippen molar-refractivity contribution in [2.75, 3.05) is 5.32 Å². The molecule has 0 bridgehead atoms. The van der Waals surface area contributed by atoms with E-state index < -0.39 is 0 Å². The van der Waals surface area contributed by atoms with Gasteiger partial charge in [-0.1, -0.05) is 30.3 Å². The highest BCUT2D eigenvalue weighted by atomic mass is 32.1. The Morgan fingerprint density at radius 1 is 0.885 bits per heavy atom. The summed E-state index contributed by atoms with van der Waals surface area (Å²) in [6, 6.07) is 17.6. The molecule has 0 unspecified atom stereocenters. The van der Waals surface area contributed by atoms with Crippen LogP contribution in [0.15, 0.2) is 54.6 Å². The number of nitrogens with one attached hydrogen (secondary N) is 4. The van der Waals surface area contributed by atoms with E-state index in [0.717, 1.165) is 17.0 Å². The largest absolute Gasteiger partial charge is 0.489 e. The SMILES string of the molecule is CC(C)(C)NC(=S)NNC(=S)Nc1ccc(OCc2ccccc2)cc1. The zero-order chi connectivity index (χ0) is 19.0. The summed E-state index contributed by atoms with van der Waals surface area (Å²) in [4.78, 5) is 0. The van der Waals surface area contributed by atoms with Crippen LogP contribution in [0.2, 0.25) is 0 Å². The van der Waals surface area contributed by atoms with E-state index in [1.165, 1.54) is 0 Å². The monoisotopic (exact) mass is 388 g/mol. The Hall–Kier alpha value is -2.38. The fourth-order valence-corrected chi connectivity index (χ4v) is 2.55. The van der Waals surface area contributed by atoms with E-state index in [1.54, 1.807) is 0 Å². The Morgan fingerprint density at radius 2 is 1.50 bits per heavy atom. The van der Waals surface area contributed by atoms with Crippen LogP contribution in [0.4, 0.5) is 5.69 Å². The lowest BCUT2D eigenvalue weighted by molar-refractivity contribution is 0.306. The van der Waals surface area contributed by atoms with Gasteiger partial charge in [-0.25, -0.2) is 0 Å². The summed E-state index contributed by atoms with van der Waals surface area (Å²) in [5.74, 6) is 0.798. The van der Waals surface area contributed by atoms with Crippen molar-refractivity contribution in [2.45, 2.75) is 32.9 Å². The molecule has 0 aromatic heterocycles. The minimum atomic E-state index is -0.115. The molecule has 26 heavy (non-hydrogen) atoms. The van der Waals surface area contributed by atoms with Gasteiger partial charge >= 0.3 is 0 Å². The number of hydrazine groups is 1. The molecule has 0 amide bonds. The number of ether oxygens (including phenoxy) is 1. The number of anilines is 1. The van der Waals surface area contributed by atoms with E-state index in [4.69, 9.17) is 29.2 Å². The van der Waals surface area contributed by atoms with Crippen LogP contribution in [0.5, 0.6) is 5.75 Å². The second-order valence-corrected chi connectivity index (χ2v) is 7.52. The van der Waals surface area contributed by atoms with Gasteiger partial charge in [0.25, 0.3) is 0 Å². The lowest BCUT2D eigenvalue weighted by atomic mass is 10.1. The maximum atomic E-state index is 5.76. The molecule has 0 saturated carbocycles. The van der Waals surface area contributed by atoms with Crippen molar-refractivity contribution in [1.29, 1.82) is 0 Å². The van der Waals surface area contributed by atoms with Crippen molar-refractivity contribution in [2.24, 2.45) is 0 Å². The third-order valence-electron chi connectivity index (χ3n) is 3.14. The molecule has 2 aromatic rings. The van der Waals surface area contributed by atoms with Gasteiger partial charge in [0.05, 0.1) is 0 Å². The van der Waals surface area contributed by atoms with E-state index in [9.17, 15) is 0 Å². The Balaban J connectivity index is 1.76. The summed E-state index contributed by atoms with van der Waals surface area (Å²) in [6.45, 7) is 6.62. The van der Waals surface area contributed by atoms with Gasteiger partial charge in [0.1, 0.15) is 12.4 Å². The maximum Gasteiger partial charge on any atom is 0.189 e. The number of hydrogen-bond donors (Lipinski definition) is 4. The maximum absolute atomic E-state index is 5.76. The molecule has 0 saturated heterocycles. The van der Waals surface area contributed by atoms with E-state index in [2.05, 4.69) is 21.5 Å². The summed E-state index contributed by atoms with van der Waals surface area (Å²) in [5.41, 5.74) is 7.57. The van der Waals surface area contributed by atoms with Crippen LogP contribution in [0, 0.1) is 0 Å². The summed E-state index contributed by atoms with van der Waals surface area (Å²) in [6.07, 6.45) is 0. The lowest BCUT2D eigenvalue weighted by Gasteiger charge is -2.23. The molecule has 7 heteroatoms. The molecule has 2 rings (SSSR count). The molecule has 0 aliphatic heterocycles. The quantitative estimate of drug-likeness (QED) is 0.470. The molecule has 2 aromatic carbocycles. The fraction of sp³-hybridized carbons (Fsp3) is 0.263. The number of hydrogen-bond acceptors (Lipinski definition) is 3. The Kier molecular flexibility index (Phi) is 7.17. The molecule has 0 atom stereocenters. The number of benzene rings is 2.